The Morgan fingerprint density at radius 2 is 1.86 bits per heavy atom. The molecule has 1 heterocycles. The molecule has 1 amide bonds. The molecule has 1 saturated heterocycles. The van der Waals surface area contributed by atoms with E-state index in [1.807, 2.05) is 29.2 Å². The lowest BCUT2D eigenvalue weighted by molar-refractivity contribution is 0.0736. The Balaban J connectivity index is 1.89. The topological polar surface area (TPSA) is 46.3 Å². The highest BCUT2D eigenvalue weighted by Crippen LogP contribution is 2.36. The predicted octanol–water partition coefficient (Wildman–Crippen LogP) is 3.90. The van der Waals surface area contributed by atoms with E-state index in [9.17, 15) is 4.79 Å². The van der Waals surface area contributed by atoms with Crippen molar-refractivity contribution in [1.29, 1.82) is 0 Å². The van der Waals surface area contributed by atoms with E-state index in [2.05, 4.69) is 0 Å². The molecule has 3 nitrogen and oxygen atoms in total. The van der Waals surface area contributed by atoms with Crippen LogP contribution in [0.1, 0.15) is 34.8 Å². The molecule has 0 saturated carbocycles. The van der Waals surface area contributed by atoms with E-state index in [0.717, 1.165) is 30.0 Å². The van der Waals surface area contributed by atoms with Crippen LogP contribution in [-0.2, 0) is 0 Å². The van der Waals surface area contributed by atoms with Crippen LogP contribution < -0.4 is 5.73 Å². The van der Waals surface area contributed by atoms with Gasteiger partial charge < -0.3 is 10.6 Å². The van der Waals surface area contributed by atoms with E-state index >= 15 is 0 Å². The number of carbonyl (C=O) groups is 1. The third kappa shape index (κ3) is 2.74. The maximum absolute atomic E-state index is 12.7. The fourth-order valence-electron chi connectivity index (χ4n) is 2.87. The van der Waals surface area contributed by atoms with Gasteiger partial charge in [-0.25, -0.2) is 0 Å². The van der Waals surface area contributed by atoms with E-state index in [-0.39, 0.29) is 11.9 Å². The van der Waals surface area contributed by atoms with Gasteiger partial charge in [0.15, 0.2) is 0 Å². The highest BCUT2D eigenvalue weighted by atomic mass is 35.5. The van der Waals surface area contributed by atoms with Crippen molar-refractivity contribution in [1.82, 2.24) is 4.90 Å². The second kappa shape index (κ2) is 5.78. The average Bonchev–Trinajstić information content (AvgIpc) is 2.97. The molecule has 0 aromatic heterocycles. The standard InChI is InChI=1S/C17H17ClN2O/c18-15-5-2-1-4-14(15)16-6-3-11-20(16)17(21)12-7-9-13(19)10-8-12/h1-2,4-5,7-10,16H,3,6,11,19H2. The fourth-order valence-corrected chi connectivity index (χ4v) is 3.13. The molecule has 1 aliphatic rings. The second-order valence-electron chi connectivity index (χ2n) is 5.30. The first kappa shape index (κ1) is 14.0. The summed E-state index contributed by atoms with van der Waals surface area (Å²) in [6.45, 7) is 0.763. The highest BCUT2D eigenvalue weighted by Gasteiger charge is 2.31. The van der Waals surface area contributed by atoms with Crippen LogP contribution >= 0.6 is 11.6 Å². The summed E-state index contributed by atoms with van der Waals surface area (Å²) in [6.07, 6.45) is 1.95. The predicted molar refractivity (Wildman–Crippen MR) is 85.3 cm³/mol. The van der Waals surface area contributed by atoms with Crippen LogP contribution in [0.25, 0.3) is 0 Å². The van der Waals surface area contributed by atoms with E-state index in [1.54, 1.807) is 24.3 Å². The number of benzene rings is 2. The van der Waals surface area contributed by atoms with E-state index in [1.165, 1.54) is 0 Å². The van der Waals surface area contributed by atoms with Crippen LogP contribution in [0.2, 0.25) is 5.02 Å². The van der Waals surface area contributed by atoms with Crippen LogP contribution in [0, 0.1) is 0 Å². The largest absolute Gasteiger partial charge is 0.399 e. The Hall–Kier alpha value is -2.00. The van der Waals surface area contributed by atoms with Crippen molar-refractivity contribution in [2.75, 3.05) is 12.3 Å². The molecule has 1 fully saturated rings. The zero-order valence-corrected chi connectivity index (χ0v) is 12.4. The Labute approximate surface area is 129 Å². The maximum Gasteiger partial charge on any atom is 0.254 e. The molecule has 0 spiro atoms. The first-order valence-corrected chi connectivity index (χ1v) is 7.45. The first-order chi connectivity index (χ1) is 10.2. The molecule has 0 bridgehead atoms. The van der Waals surface area contributed by atoms with Crippen molar-refractivity contribution in [2.45, 2.75) is 18.9 Å². The molecular weight excluding hydrogens is 284 g/mol. The quantitative estimate of drug-likeness (QED) is 0.855. The Bertz CT molecular complexity index is 654. The van der Waals surface area contributed by atoms with Gasteiger partial charge in [0.1, 0.15) is 0 Å². The molecule has 1 unspecified atom stereocenters. The second-order valence-corrected chi connectivity index (χ2v) is 5.71. The van der Waals surface area contributed by atoms with Crippen LogP contribution in [0.3, 0.4) is 0 Å². The van der Waals surface area contributed by atoms with Crippen molar-refractivity contribution >= 4 is 23.2 Å². The molecule has 2 aromatic rings. The normalized spacial score (nSPS) is 18.0. The van der Waals surface area contributed by atoms with Gasteiger partial charge in [-0.15, -0.1) is 0 Å². The number of nitrogen functional groups attached to an aromatic ring is 1. The average molecular weight is 301 g/mol. The van der Waals surface area contributed by atoms with Gasteiger partial charge in [0.25, 0.3) is 5.91 Å². The molecule has 0 aliphatic carbocycles. The maximum atomic E-state index is 12.7. The summed E-state index contributed by atoms with van der Waals surface area (Å²) in [5.41, 5.74) is 8.04. The van der Waals surface area contributed by atoms with Gasteiger partial charge in [0, 0.05) is 22.8 Å². The molecule has 21 heavy (non-hydrogen) atoms. The molecule has 2 N–H and O–H groups in total. The van der Waals surface area contributed by atoms with Crippen molar-refractivity contribution < 1.29 is 4.79 Å². The number of nitrogens with two attached hydrogens (primary N) is 1. The lowest BCUT2D eigenvalue weighted by atomic mass is 10.0. The first-order valence-electron chi connectivity index (χ1n) is 7.08. The van der Waals surface area contributed by atoms with Crippen LogP contribution in [0.5, 0.6) is 0 Å². The summed E-state index contributed by atoms with van der Waals surface area (Å²) >= 11 is 6.29. The number of anilines is 1. The Morgan fingerprint density at radius 1 is 1.14 bits per heavy atom. The molecule has 1 aliphatic heterocycles. The summed E-state index contributed by atoms with van der Waals surface area (Å²) < 4.78 is 0. The molecule has 3 rings (SSSR count). The summed E-state index contributed by atoms with van der Waals surface area (Å²) in [5.74, 6) is 0.0393. The zero-order valence-electron chi connectivity index (χ0n) is 11.6. The van der Waals surface area contributed by atoms with Crippen molar-refractivity contribution in [3.05, 3.63) is 64.7 Å². The van der Waals surface area contributed by atoms with E-state index in [0.29, 0.717) is 11.3 Å². The number of nitrogens with zero attached hydrogens (tertiary/aromatic N) is 1. The number of halogens is 1. The Kier molecular flexibility index (Phi) is 3.84. The number of amides is 1. The van der Waals surface area contributed by atoms with Gasteiger partial charge in [-0.2, -0.15) is 0 Å². The smallest absolute Gasteiger partial charge is 0.254 e. The van der Waals surface area contributed by atoms with Crippen molar-refractivity contribution in [3.8, 4) is 0 Å². The SMILES string of the molecule is Nc1ccc(C(=O)N2CCCC2c2ccccc2Cl)cc1. The van der Waals surface area contributed by atoms with E-state index < -0.39 is 0 Å². The molecule has 0 radical (unpaired) electrons. The number of likely N-dealkylation sites (tertiary alicyclic amines) is 1. The highest BCUT2D eigenvalue weighted by molar-refractivity contribution is 6.31. The summed E-state index contributed by atoms with van der Waals surface area (Å²) in [5, 5.41) is 0.722. The number of hydrogen-bond acceptors (Lipinski definition) is 2. The van der Waals surface area contributed by atoms with Crippen molar-refractivity contribution in [3.63, 3.8) is 0 Å². The molecule has 1 atom stereocenters. The van der Waals surface area contributed by atoms with Gasteiger partial charge in [-0.05, 0) is 48.7 Å². The summed E-state index contributed by atoms with van der Waals surface area (Å²) in [6, 6.07) is 14.9. The van der Waals surface area contributed by atoms with Crippen LogP contribution in [0.15, 0.2) is 48.5 Å². The van der Waals surface area contributed by atoms with Gasteiger partial charge >= 0.3 is 0 Å². The number of hydrogen-bond donors (Lipinski definition) is 1. The third-order valence-corrected chi connectivity index (χ3v) is 4.28. The molecule has 108 valence electrons. The van der Waals surface area contributed by atoms with Crippen molar-refractivity contribution in [2.24, 2.45) is 0 Å². The van der Waals surface area contributed by atoms with Crippen LogP contribution in [0.4, 0.5) is 5.69 Å². The lowest BCUT2D eigenvalue weighted by Crippen LogP contribution is -2.30. The summed E-state index contributed by atoms with van der Waals surface area (Å²) in [7, 11) is 0. The van der Waals surface area contributed by atoms with Gasteiger partial charge in [0.05, 0.1) is 6.04 Å². The molecular formula is C17H17ClN2O. The third-order valence-electron chi connectivity index (χ3n) is 3.94. The molecule has 4 heteroatoms. The molecule has 2 aromatic carbocycles. The van der Waals surface area contributed by atoms with Crippen LogP contribution in [-0.4, -0.2) is 17.4 Å². The van der Waals surface area contributed by atoms with E-state index in [4.69, 9.17) is 17.3 Å². The Morgan fingerprint density at radius 3 is 2.57 bits per heavy atom. The lowest BCUT2D eigenvalue weighted by Gasteiger charge is -2.26. The number of carbonyl (C=O) groups excluding carboxylic acids is 1. The minimum Gasteiger partial charge on any atom is -0.399 e. The monoisotopic (exact) mass is 300 g/mol. The summed E-state index contributed by atoms with van der Waals surface area (Å²) in [4.78, 5) is 14.6. The number of rotatable bonds is 2. The fraction of sp³-hybridized carbons (Fsp3) is 0.235. The minimum absolute atomic E-state index is 0.0393. The van der Waals surface area contributed by atoms with Gasteiger partial charge in [-0.3, -0.25) is 4.79 Å². The van der Waals surface area contributed by atoms with Gasteiger partial charge in [0.2, 0.25) is 0 Å². The zero-order chi connectivity index (χ0) is 14.8. The van der Waals surface area contributed by atoms with Gasteiger partial charge in [-0.1, -0.05) is 29.8 Å². The minimum atomic E-state index is 0.0393.